The van der Waals surface area contributed by atoms with Crippen LogP contribution in [0.15, 0.2) is 18.3 Å². The second kappa shape index (κ2) is 7.17. The fraction of sp³-hybridized carbons (Fsp3) is 0.333. The van der Waals surface area contributed by atoms with Crippen molar-refractivity contribution < 1.29 is 28.6 Å². The number of esters is 1. The number of amides is 1. The van der Waals surface area contributed by atoms with Crippen LogP contribution in [-0.2, 0) is 14.3 Å². The first kappa shape index (κ1) is 15.5. The first-order valence-electron chi connectivity index (χ1n) is 5.66. The van der Waals surface area contributed by atoms with Gasteiger partial charge in [-0.05, 0) is 18.6 Å². The lowest BCUT2D eigenvalue weighted by atomic mass is 10.1. The Morgan fingerprint density at radius 3 is 2.65 bits per heavy atom. The third-order valence-electron chi connectivity index (χ3n) is 2.46. The van der Waals surface area contributed by atoms with Gasteiger partial charge in [-0.2, -0.15) is 4.39 Å². The van der Waals surface area contributed by atoms with Crippen molar-refractivity contribution in [1.29, 1.82) is 0 Å². The molecule has 8 heteroatoms. The minimum atomic E-state index is -1.28. The molecular formula is C12H13FN2O5. The predicted octanol–water partition coefficient (Wildman–Crippen LogP) is 0.357. The van der Waals surface area contributed by atoms with Gasteiger partial charge in [-0.1, -0.05) is 0 Å². The Bertz CT molecular complexity index is 503. The lowest BCUT2D eigenvalue weighted by molar-refractivity contribution is -0.142. The number of ether oxygens (including phenoxy) is 1. The van der Waals surface area contributed by atoms with Crippen molar-refractivity contribution in [2.45, 2.75) is 18.9 Å². The summed E-state index contributed by atoms with van der Waals surface area (Å²) in [5.41, 5.74) is 0.0238. The summed E-state index contributed by atoms with van der Waals surface area (Å²) < 4.78 is 17.0. The summed E-state index contributed by atoms with van der Waals surface area (Å²) in [6.45, 7) is 0. The van der Waals surface area contributed by atoms with Crippen LogP contribution >= 0.6 is 0 Å². The molecular weight excluding hydrogens is 271 g/mol. The van der Waals surface area contributed by atoms with E-state index in [1.807, 2.05) is 0 Å². The number of aromatic nitrogens is 1. The van der Waals surface area contributed by atoms with Crippen LogP contribution in [0.3, 0.4) is 0 Å². The van der Waals surface area contributed by atoms with Crippen molar-refractivity contribution in [3.05, 3.63) is 29.8 Å². The molecule has 1 rings (SSSR count). The molecule has 1 unspecified atom stereocenters. The van der Waals surface area contributed by atoms with E-state index in [-0.39, 0.29) is 18.4 Å². The van der Waals surface area contributed by atoms with Gasteiger partial charge >= 0.3 is 11.9 Å². The minimum absolute atomic E-state index is 0.0238. The number of rotatable bonds is 6. The van der Waals surface area contributed by atoms with E-state index in [2.05, 4.69) is 15.0 Å². The van der Waals surface area contributed by atoms with E-state index in [1.165, 1.54) is 13.2 Å². The van der Waals surface area contributed by atoms with Gasteiger partial charge in [0.2, 0.25) is 5.95 Å². The number of pyridine rings is 1. The third kappa shape index (κ3) is 4.63. The van der Waals surface area contributed by atoms with Crippen molar-refractivity contribution >= 4 is 17.8 Å². The Balaban J connectivity index is 2.65. The topological polar surface area (TPSA) is 106 Å². The highest BCUT2D eigenvalue weighted by Crippen LogP contribution is 2.03. The molecule has 0 fully saturated rings. The van der Waals surface area contributed by atoms with Gasteiger partial charge in [-0.25, -0.2) is 9.78 Å². The molecule has 1 heterocycles. The second-order valence-electron chi connectivity index (χ2n) is 3.85. The molecule has 1 atom stereocenters. The fourth-order valence-electron chi connectivity index (χ4n) is 1.37. The molecule has 0 spiro atoms. The number of carbonyl (C=O) groups is 3. The van der Waals surface area contributed by atoms with Crippen molar-refractivity contribution in [3.63, 3.8) is 0 Å². The monoisotopic (exact) mass is 284 g/mol. The van der Waals surface area contributed by atoms with Crippen LogP contribution in [-0.4, -0.2) is 41.1 Å². The van der Waals surface area contributed by atoms with E-state index in [0.29, 0.717) is 0 Å². The zero-order valence-corrected chi connectivity index (χ0v) is 10.6. The lowest BCUT2D eigenvalue weighted by Crippen LogP contribution is -2.41. The standard InChI is InChI=1S/C12H13FN2O5/c1-20-10(16)5-3-8(12(18)19)15-11(17)7-2-4-9(13)14-6-7/h2,4,6,8H,3,5H2,1H3,(H,15,17)(H,18,19). The van der Waals surface area contributed by atoms with Gasteiger partial charge in [0.15, 0.2) is 0 Å². The largest absolute Gasteiger partial charge is 0.480 e. The number of hydrogen-bond acceptors (Lipinski definition) is 5. The van der Waals surface area contributed by atoms with Crippen LogP contribution in [0, 0.1) is 5.95 Å². The van der Waals surface area contributed by atoms with Gasteiger partial charge in [-0.3, -0.25) is 9.59 Å². The molecule has 0 bridgehead atoms. The summed E-state index contributed by atoms with van der Waals surface area (Å²) in [4.78, 5) is 37.0. The number of nitrogens with zero attached hydrogens (tertiary/aromatic N) is 1. The van der Waals surface area contributed by atoms with Crippen molar-refractivity contribution in [3.8, 4) is 0 Å². The Morgan fingerprint density at radius 1 is 1.45 bits per heavy atom. The van der Waals surface area contributed by atoms with Gasteiger partial charge < -0.3 is 15.2 Å². The number of carboxylic acids is 1. The van der Waals surface area contributed by atoms with Gasteiger partial charge in [0, 0.05) is 12.6 Å². The van der Waals surface area contributed by atoms with Crippen LogP contribution in [0.25, 0.3) is 0 Å². The van der Waals surface area contributed by atoms with E-state index in [0.717, 1.165) is 12.3 Å². The first-order valence-corrected chi connectivity index (χ1v) is 5.66. The molecule has 0 aliphatic heterocycles. The first-order chi connectivity index (χ1) is 9.43. The zero-order valence-electron chi connectivity index (χ0n) is 10.6. The molecule has 0 saturated heterocycles. The average Bonchev–Trinajstić information content (AvgIpc) is 2.43. The number of carboxylic acid groups (broad SMARTS) is 1. The maximum absolute atomic E-state index is 12.6. The Labute approximate surface area is 113 Å². The van der Waals surface area contributed by atoms with Gasteiger partial charge in [0.1, 0.15) is 6.04 Å². The number of methoxy groups -OCH3 is 1. The summed E-state index contributed by atoms with van der Waals surface area (Å²) in [5.74, 6) is -3.32. The van der Waals surface area contributed by atoms with E-state index in [1.54, 1.807) is 0 Å². The van der Waals surface area contributed by atoms with Crippen LogP contribution in [0.5, 0.6) is 0 Å². The molecule has 2 N–H and O–H groups in total. The van der Waals surface area contributed by atoms with Gasteiger partial charge in [0.25, 0.3) is 5.91 Å². The normalized spacial score (nSPS) is 11.5. The van der Waals surface area contributed by atoms with E-state index in [9.17, 15) is 18.8 Å². The van der Waals surface area contributed by atoms with E-state index < -0.39 is 29.8 Å². The molecule has 0 radical (unpaired) electrons. The molecule has 0 saturated carbocycles. The average molecular weight is 284 g/mol. The smallest absolute Gasteiger partial charge is 0.326 e. The number of hydrogen-bond donors (Lipinski definition) is 2. The predicted molar refractivity (Wildman–Crippen MR) is 64.3 cm³/mol. The van der Waals surface area contributed by atoms with Crippen LogP contribution in [0.4, 0.5) is 4.39 Å². The summed E-state index contributed by atoms with van der Waals surface area (Å²) in [6.07, 6.45) is 0.738. The quantitative estimate of drug-likeness (QED) is 0.577. The van der Waals surface area contributed by atoms with Gasteiger partial charge in [0.05, 0.1) is 12.7 Å². The molecule has 108 valence electrons. The summed E-state index contributed by atoms with van der Waals surface area (Å²) in [7, 11) is 1.18. The van der Waals surface area contributed by atoms with Crippen molar-refractivity contribution in [2.24, 2.45) is 0 Å². The fourth-order valence-corrected chi connectivity index (χ4v) is 1.37. The maximum atomic E-state index is 12.6. The lowest BCUT2D eigenvalue weighted by Gasteiger charge is -2.13. The summed E-state index contributed by atoms with van der Waals surface area (Å²) >= 11 is 0. The van der Waals surface area contributed by atoms with Crippen LogP contribution < -0.4 is 5.32 Å². The molecule has 0 aliphatic rings. The summed E-state index contributed by atoms with van der Waals surface area (Å²) in [5, 5.41) is 11.2. The van der Waals surface area contributed by atoms with Crippen molar-refractivity contribution in [2.75, 3.05) is 7.11 Å². The molecule has 1 amide bonds. The zero-order chi connectivity index (χ0) is 15.1. The highest BCUT2D eigenvalue weighted by Gasteiger charge is 2.22. The Kier molecular flexibility index (Phi) is 5.57. The van der Waals surface area contributed by atoms with Crippen LogP contribution in [0.1, 0.15) is 23.2 Å². The van der Waals surface area contributed by atoms with Crippen LogP contribution in [0.2, 0.25) is 0 Å². The molecule has 0 aliphatic carbocycles. The number of nitrogens with one attached hydrogen (secondary N) is 1. The minimum Gasteiger partial charge on any atom is -0.480 e. The Morgan fingerprint density at radius 2 is 2.15 bits per heavy atom. The molecule has 1 aromatic heterocycles. The highest BCUT2D eigenvalue weighted by molar-refractivity contribution is 5.96. The molecule has 7 nitrogen and oxygen atoms in total. The number of halogens is 1. The molecule has 1 aromatic rings. The number of carbonyl (C=O) groups excluding carboxylic acids is 2. The molecule has 0 aromatic carbocycles. The SMILES string of the molecule is COC(=O)CCC(NC(=O)c1ccc(F)nc1)C(=O)O. The highest BCUT2D eigenvalue weighted by atomic mass is 19.1. The molecule has 20 heavy (non-hydrogen) atoms. The third-order valence-corrected chi connectivity index (χ3v) is 2.46. The van der Waals surface area contributed by atoms with Gasteiger partial charge in [-0.15, -0.1) is 0 Å². The maximum Gasteiger partial charge on any atom is 0.326 e. The van der Waals surface area contributed by atoms with E-state index >= 15 is 0 Å². The number of aliphatic carboxylic acids is 1. The summed E-state index contributed by atoms with van der Waals surface area (Å²) in [6, 6.07) is 0.919. The van der Waals surface area contributed by atoms with E-state index in [4.69, 9.17) is 5.11 Å². The van der Waals surface area contributed by atoms with Crippen molar-refractivity contribution in [1.82, 2.24) is 10.3 Å². The second-order valence-corrected chi connectivity index (χ2v) is 3.85. The Hall–Kier alpha value is -2.51.